The highest BCUT2D eigenvalue weighted by molar-refractivity contribution is 7.89. The van der Waals surface area contributed by atoms with Crippen LogP contribution in [-0.2, 0) is 23.0 Å². The lowest BCUT2D eigenvalue weighted by Crippen LogP contribution is -2.26. The van der Waals surface area contributed by atoms with Crippen molar-refractivity contribution in [2.45, 2.75) is 36.7 Å². The van der Waals surface area contributed by atoms with Crippen LogP contribution in [0, 0.1) is 4.77 Å². The molecule has 0 radical (unpaired) electrons. The van der Waals surface area contributed by atoms with Gasteiger partial charge in [0.1, 0.15) is 5.82 Å². The fraction of sp³-hybridized carbons (Fsp3) is 0.263. The van der Waals surface area contributed by atoms with Gasteiger partial charge in [0.15, 0.2) is 9.90 Å². The summed E-state index contributed by atoms with van der Waals surface area (Å²) in [6.45, 7) is 4.25. The molecule has 3 aromatic rings. The number of H-pyrrole nitrogens is 1. The summed E-state index contributed by atoms with van der Waals surface area (Å²) in [5.41, 5.74) is 0.965. The minimum Gasteiger partial charge on any atom is -0.300 e. The van der Waals surface area contributed by atoms with E-state index in [1.54, 1.807) is 18.2 Å². The fourth-order valence-corrected chi connectivity index (χ4v) is 5.15. The van der Waals surface area contributed by atoms with E-state index < -0.39 is 15.9 Å². The van der Waals surface area contributed by atoms with Crippen LogP contribution in [0.25, 0.3) is 0 Å². The van der Waals surface area contributed by atoms with Crippen LogP contribution in [0.5, 0.6) is 0 Å². The Morgan fingerprint density at radius 1 is 1.42 bits per heavy atom. The summed E-state index contributed by atoms with van der Waals surface area (Å²) in [6.07, 6.45) is 3.85. The quantitative estimate of drug-likeness (QED) is 0.322. The zero-order valence-electron chi connectivity index (χ0n) is 16.4. The summed E-state index contributed by atoms with van der Waals surface area (Å²) in [5.74, 6) is 0.285. The van der Waals surface area contributed by atoms with E-state index in [4.69, 9.17) is 12.2 Å². The third-order valence-electron chi connectivity index (χ3n) is 4.57. The Morgan fingerprint density at radius 3 is 2.97 bits per heavy atom. The molecule has 3 N–H and O–H groups in total. The van der Waals surface area contributed by atoms with Crippen molar-refractivity contribution in [1.29, 1.82) is 0 Å². The third-order valence-corrected chi connectivity index (χ3v) is 7.20. The predicted molar refractivity (Wildman–Crippen MR) is 120 cm³/mol. The topological polar surface area (TPSA) is 122 Å². The molecule has 0 unspecified atom stereocenters. The molecule has 1 aromatic carbocycles. The van der Waals surface area contributed by atoms with E-state index in [0.29, 0.717) is 28.7 Å². The van der Waals surface area contributed by atoms with Gasteiger partial charge in [-0.05, 0) is 43.3 Å². The maximum atomic E-state index is 12.6. The second kappa shape index (κ2) is 8.83. The normalized spacial score (nSPS) is 13.8. The maximum absolute atomic E-state index is 12.6. The van der Waals surface area contributed by atoms with Crippen molar-refractivity contribution in [1.82, 2.24) is 24.5 Å². The van der Waals surface area contributed by atoms with Crippen LogP contribution in [0.3, 0.4) is 0 Å². The van der Waals surface area contributed by atoms with Gasteiger partial charge >= 0.3 is 0 Å². The van der Waals surface area contributed by atoms with Crippen molar-refractivity contribution >= 4 is 44.6 Å². The molecule has 12 heteroatoms. The van der Waals surface area contributed by atoms with Crippen LogP contribution in [0.1, 0.15) is 34.7 Å². The molecule has 162 valence electrons. The van der Waals surface area contributed by atoms with Gasteiger partial charge < -0.3 is 0 Å². The summed E-state index contributed by atoms with van der Waals surface area (Å²) in [7, 11) is -3.63. The van der Waals surface area contributed by atoms with Gasteiger partial charge in [0.2, 0.25) is 10.0 Å². The number of hydrogen-bond acceptors (Lipinski definition) is 7. The molecule has 9 nitrogen and oxygen atoms in total. The van der Waals surface area contributed by atoms with Crippen molar-refractivity contribution < 1.29 is 13.2 Å². The Balaban J connectivity index is 1.45. The number of carbonyl (C=O) groups is 1. The molecule has 0 bridgehead atoms. The minimum atomic E-state index is -3.63. The number of carbonyl (C=O) groups excluding carboxylic acids is 1. The fourth-order valence-electron chi connectivity index (χ4n) is 2.87. The second-order valence-electron chi connectivity index (χ2n) is 7.04. The van der Waals surface area contributed by atoms with E-state index in [2.05, 4.69) is 31.8 Å². The summed E-state index contributed by atoms with van der Waals surface area (Å²) in [5, 5.41) is 11.9. The van der Waals surface area contributed by atoms with Crippen molar-refractivity contribution in [2.24, 2.45) is 0 Å². The third kappa shape index (κ3) is 5.15. The van der Waals surface area contributed by atoms with E-state index in [9.17, 15) is 13.2 Å². The van der Waals surface area contributed by atoms with E-state index >= 15 is 0 Å². The Bertz CT molecular complexity index is 1290. The van der Waals surface area contributed by atoms with Crippen LogP contribution >= 0.6 is 23.6 Å². The van der Waals surface area contributed by atoms with Gasteiger partial charge in [-0.2, -0.15) is 5.10 Å². The lowest BCUT2D eigenvalue weighted by molar-refractivity contribution is 0.102. The highest BCUT2D eigenvalue weighted by Gasteiger charge is 2.28. The van der Waals surface area contributed by atoms with Gasteiger partial charge in [-0.3, -0.25) is 19.8 Å². The number of hydrogen-bond donors (Lipinski definition) is 3. The van der Waals surface area contributed by atoms with Crippen LogP contribution < -0.4 is 10.0 Å². The summed E-state index contributed by atoms with van der Waals surface area (Å²) >= 11 is 6.49. The molecule has 2 heterocycles. The standard InChI is InChI=1S/C19H20N6O3S3/c1-2-8-25-16(22-23-19(25)29)10-14-11-30-18(20-14)21-17(26)12-4-3-5-15(9-12)31(27,28)24-13-6-7-13/h2-5,9,11,13,24H,1,6-8,10H2,(H,23,29)(H,20,21,26). The first kappa shape index (κ1) is 21.6. The molecule has 0 atom stereocenters. The molecule has 1 fully saturated rings. The van der Waals surface area contributed by atoms with Gasteiger partial charge in [-0.25, -0.2) is 18.1 Å². The Morgan fingerprint density at radius 2 is 2.23 bits per heavy atom. The smallest absolute Gasteiger partial charge is 0.257 e. The van der Waals surface area contributed by atoms with Crippen LogP contribution in [-0.4, -0.2) is 40.1 Å². The van der Waals surface area contributed by atoms with E-state index in [-0.39, 0.29) is 16.5 Å². The molecular weight excluding hydrogens is 456 g/mol. The monoisotopic (exact) mass is 476 g/mol. The second-order valence-corrected chi connectivity index (χ2v) is 10.0. The van der Waals surface area contributed by atoms with Crippen molar-refractivity contribution in [3.8, 4) is 0 Å². The van der Waals surface area contributed by atoms with Gasteiger partial charge in [0.25, 0.3) is 5.91 Å². The number of aromatic nitrogens is 4. The molecule has 0 aliphatic heterocycles. The molecule has 0 saturated heterocycles. The molecule has 1 amide bonds. The molecule has 0 spiro atoms. The maximum Gasteiger partial charge on any atom is 0.257 e. The van der Waals surface area contributed by atoms with E-state index in [1.807, 2.05) is 9.95 Å². The molecule has 1 saturated carbocycles. The number of thiazole rings is 1. The van der Waals surface area contributed by atoms with Crippen molar-refractivity contribution in [2.75, 3.05) is 5.32 Å². The molecule has 1 aliphatic rings. The van der Waals surface area contributed by atoms with Gasteiger partial charge in [0, 0.05) is 23.5 Å². The first-order valence-corrected chi connectivity index (χ1v) is 12.3. The minimum absolute atomic E-state index is 0.00680. The van der Waals surface area contributed by atoms with Gasteiger partial charge in [-0.15, -0.1) is 17.9 Å². The number of benzene rings is 1. The first-order valence-electron chi connectivity index (χ1n) is 9.49. The average Bonchev–Trinajstić information content (AvgIpc) is 3.33. The SMILES string of the molecule is C=CCn1c(Cc2csc(NC(=O)c3cccc(S(=O)(=O)NC4CC4)c3)n2)n[nH]c1=S. The highest BCUT2D eigenvalue weighted by atomic mass is 32.2. The number of nitrogens with zero attached hydrogens (tertiary/aromatic N) is 3. The number of anilines is 1. The van der Waals surface area contributed by atoms with Crippen molar-refractivity contribution in [3.05, 3.63) is 64.2 Å². The lowest BCUT2D eigenvalue weighted by Gasteiger charge is -2.07. The number of amides is 1. The number of nitrogens with one attached hydrogen (secondary N) is 3. The van der Waals surface area contributed by atoms with E-state index in [0.717, 1.165) is 18.5 Å². The zero-order chi connectivity index (χ0) is 22.0. The number of aromatic amines is 1. The summed E-state index contributed by atoms with van der Waals surface area (Å²) in [4.78, 5) is 17.1. The van der Waals surface area contributed by atoms with Crippen LogP contribution in [0.4, 0.5) is 5.13 Å². The first-order chi connectivity index (χ1) is 14.9. The Hall–Kier alpha value is -2.67. The summed E-state index contributed by atoms with van der Waals surface area (Å²) in [6, 6.07) is 5.94. The molecule has 4 rings (SSSR count). The molecule has 31 heavy (non-hydrogen) atoms. The van der Waals surface area contributed by atoms with Gasteiger partial charge in [-0.1, -0.05) is 12.1 Å². The van der Waals surface area contributed by atoms with Crippen molar-refractivity contribution in [3.63, 3.8) is 0 Å². The number of rotatable bonds is 9. The highest BCUT2D eigenvalue weighted by Crippen LogP contribution is 2.23. The number of sulfonamides is 1. The molecule has 2 aromatic heterocycles. The van der Waals surface area contributed by atoms with Crippen LogP contribution in [0.2, 0.25) is 0 Å². The predicted octanol–water partition coefficient (Wildman–Crippen LogP) is 2.87. The zero-order valence-corrected chi connectivity index (χ0v) is 18.8. The summed E-state index contributed by atoms with van der Waals surface area (Å²) < 4.78 is 29.7. The Kier molecular flexibility index (Phi) is 6.14. The molecule has 1 aliphatic carbocycles. The number of allylic oxidation sites excluding steroid dienone is 1. The Labute approximate surface area is 188 Å². The average molecular weight is 477 g/mol. The van der Waals surface area contributed by atoms with Crippen LogP contribution in [0.15, 0.2) is 47.2 Å². The van der Waals surface area contributed by atoms with E-state index in [1.165, 1.54) is 23.5 Å². The largest absolute Gasteiger partial charge is 0.300 e. The molecular formula is C19H20N6O3S3. The lowest BCUT2D eigenvalue weighted by atomic mass is 10.2. The van der Waals surface area contributed by atoms with Gasteiger partial charge in [0.05, 0.1) is 17.0 Å².